The Balaban J connectivity index is 1.89. The Labute approximate surface area is 133 Å². The fraction of sp³-hybridized carbons (Fsp3) is 0.611. The van der Waals surface area contributed by atoms with Crippen LogP contribution in [0, 0.1) is 20.8 Å². The van der Waals surface area contributed by atoms with E-state index in [2.05, 4.69) is 26.8 Å². The summed E-state index contributed by atoms with van der Waals surface area (Å²) in [4.78, 5) is 14.3. The van der Waals surface area contributed by atoms with Crippen LogP contribution in [0.3, 0.4) is 0 Å². The van der Waals surface area contributed by atoms with Crippen molar-refractivity contribution in [3.63, 3.8) is 0 Å². The molecule has 22 heavy (non-hydrogen) atoms. The zero-order valence-corrected chi connectivity index (χ0v) is 14.0. The second kappa shape index (κ2) is 7.63. The molecule has 1 aromatic carbocycles. The minimum atomic E-state index is 0.164. The lowest BCUT2D eigenvalue weighted by molar-refractivity contribution is -0.135. The first-order chi connectivity index (χ1) is 10.5. The Kier molecular flexibility index (Phi) is 5.83. The number of carbonyl (C=O) groups excluding carboxylic acids is 1. The van der Waals surface area contributed by atoms with Gasteiger partial charge in [-0.3, -0.25) is 4.79 Å². The minimum absolute atomic E-state index is 0.164. The van der Waals surface area contributed by atoms with E-state index < -0.39 is 0 Å². The van der Waals surface area contributed by atoms with Gasteiger partial charge in [0.1, 0.15) is 5.75 Å². The maximum atomic E-state index is 12.4. The number of rotatable bonds is 5. The van der Waals surface area contributed by atoms with Gasteiger partial charge >= 0.3 is 0 Å². The van der Waals surface area contributed by atoms with Crippen LogP contribution in [-0.2, 0) is 4.79 Å². The number of piperidine rings is 1. The number of amides is 1. The van der Waals surface area contributed by atoms with Gasteiger partial charge in [0.2, 0.25) is 5.91 Å². The molecule has 1 aliphatic rings. The number of nitrogens with zero attached hydrogens (tertiary/aromatic N) is 1. The van der Waals surface area contributed by atoms with Crippen molar-refractivity contribution in [3.8, 4) is 5.75 Å². The third-order valence-electron chi connectivity index (χ3n) is 4.56. The molecule has 1 unspecified atom stereocenters. The molecule has 1 amide bonds. The van der Waals surface area contributed by atoms with Gasteiger partial charge in [0.25, 0.3) is 0 Å². The van der Waals surface area contributed by atoms with Crippen LogP contribution in [0.1, 0.15) is 42.4 Å². The summed E-state index contributed by atoms with van der Waals surface area (Å²) in [5.41, 5.74) is 9.33. The number of hydrogen-bond acceptors (Lipinski definition) is 3. The molecule has 1 saturated heterocycles. The molecule has 1 aliphatic heterocycles. The van der Waals surface area contributed by atoms with Gasteiger partial charge in [-0.2, -0.15) is 0 Å². The standard InChI is InChI=1S/C18H28N2O2/c1-13-10-14(2)15(3)17(11-13)22-9-7-18(21)20-8-5-4-6-16(20)12-19/h10-11,16H,4-9,12,19H2,1-3H3. The van der Waals surface area contributed by atoms with Crippen LogP contribution < -0.4 is 10.5 Å². The molecular weight excluding hydrogens is 276 g/mol. The van der Waals surface area contributed by atoms with Crippen LogP contribution in [0.15, 0.2) is 12.1 Å². The predicted molar refractivity (Wildman–Crippen MR) is 89.2 cm³/mol. The van der Waals surface area contributed by atoms with Crippen molar-refractivity contribution in [3.05, 3.63) is 28.8 Å². The van der Waals surface area contributed by atoms with Crippen LogP contribution in [0.2, 0.25) is 0 Å². The summed E-state index contributed by atoms with van der Waals surface area (Å²) in [5, 5.41) is 0. The molecule has 0 bridgehead atoms. The Morgan fingerprint density at radius 2 is 2.09 bits per heavy atom. The second-order valence-corrected chi connectivity index (χ2v) is 6.28. The third-order valence-corrected chi connectivity index (χ3v) is 4.56. The van der Waals surface area contributed by atoms with Crippen LogP contribution in [0.5, 0.6) is 5.75 Å². The molecule has 0 aromatic heterocycles. The van der Waals surface area contributed by atoms with Crippen LogP contribution >= 0.6 is 0 Å². The van der Waals surface area contributed by atoms with Gasteiger partial charge < -0.3 is 15.4 Å². The van der Waals surface area contributed by atoms with E-state index in [0.29, 0.717) is 19.6 Å². The van der Waals surface area contributed by atoms with Gasteiger partial charge in [-0.15, -0.1) is 0 Å². The summed E-state index contributed by atoms with van der Waals surface area (Å²) in [6, 6.07) is 4.40. The number of nitrogens with two attached hydrogens (primary N) is 1. The van der Waals surface area contributed by atoms with Crippen LogP contribution in [0.4, 0.5) is 0 Å². The quantitative estimate of drug-likeness (QED) is 0.910. The minimum Gasteiger partial charge on any atom is -0.493 e. The Morgan fingerprint density at radius 1 is 1.32 bits per heavy atom. The number of likely N-dealkylation sites (tertiary alicyclic amines) is 1. The Bertz CT molecular complexity index is 528. The van der Waals surface area contributed by atoms with E-state index in [-0.39, 0.29) is 11.9 Å². The summed E-state index contributed by atoms with van der Waals surface area (Å²) >= 11 is 0. The molecule has 2 N–H and O–H groups in total. The number of benzene rings is 1. The molecule has 0 saturated carbocycles. The predicted octanol–water partition coefficient (Wildman–Crippen LogP) is 2.72. The van der Waals surface area contributed by atoms with Crippen LogP contribution in [-0.4, -0.2) is 36.5 Å². The normalized spacial score (nSPS) is 18.4. The summed E-state index contributed by atoms with van der Waals surface area (Å²) < 4.78 is 5.85. The molecule has 1 aromatic rings. The first-order valence-electron chi connectivity index (χ1n) is 8.23. The van der Waals surface area contributed by atoms with E-state index in [4.69, 9.17) is 10.5 Å². The van der Waals surface area contributed by atoms with Crippen molar-refractivity contribution in [1.82, 2.24) is 4.90 Å². The molecule has 122 valence electrons. The molecule has 1 heterocycles. The molecule has 0 aliphatic carbocycles. The maximum absolute atomic E-state index is 12.4. The van der Waals surface area contributed by atoms with Crippen molar-refractivity contribution in [2.45, 2.75) is 52.5 Å². The van der Waals surface area contributed by atoms with E-state index >= 15 is 0 Å². The van der Waals surface area contributed by atoms with E-state index in [1.807, 2.05) is 11.0 Å². The Hall–Kier alpha value is -1.55. The molecule has 4 heteroatoms. The van der Waals surface area contributed by atoms with Gasteiger partial charge in [-0.05, 0) is 62.8 Å². The SMILES string of the molecule is Cc1cc(C)c(C)c(OCCC(=O)N2CCCCC2CN)c1. The average molecular weight is 304 g/mol. The third kappa shape index (κ3) is 4.01. The topological polar surface area (TPSA) is 55.6 Å². The lowest BCUT2D eigenvalue weighted by Gasteiger charge is -2.35. The van der Waals surface area contributed by atoms with Gasteiger partial charge in [0.15, 0.2) is 0 Å². The Morgan fingerprint density at radius 3 is 2.82 bits per heavy atom. The number of hydrogen-bond donors (Lipinski definition) is 1. The summed E-state index contributed by atoms with van der Waals surface area (Å²) in [7, 11) is 0. The smallest absolute Gasteiger partial charge is 0.226 e. The fourth-order valence-corrected chi connectivity index (χ4v) is 3.12. The first kappa shape index (κ1) is 16.8. The first-order valence-corrected chi connectivity index (χ1v) is 8.23. The van der Waals surface area contributed by atoms with Crippen molar-refractivity contribution in [2.24, 2.45) is 5.73 Å². The highest BCUT2D eigenvalue weighted by Gasteiger charge is 2.25. The lowest BCUT2D eigenvalue weighted by Crippen LogP contribution is -2.47. The van der Waals surface area contributed by atoms with E-state index in [9.17, 15) is 4.79 Å². The maximum Gasteiger partial charge on any atom is 0.226 e. The van der Waals surface area contributed by atoms with Crippen molar-refractivity contribution < 1.29 is 9.53 Å². The largest absolute Gasteiger partial charge is 0.493 e. The van der Waals surface area contributed by atoms with Crippen LogP contribution in [0.25, 0.3) is 0 Å². The summed E-state index contributed by atoms with van der Waals surface area (Å²) in [6.07, 6.45) is 3.70. The monoisotopic (exact) mass is 304 g/mol. The van der Waals surface area contributed by atoms with Gasteiger partial charge in [-0.25, -0.2) is 0 Å². The van der Waals surface area contributed by atoms with E-state index in [0.717, 1.165) is 30.7 Å². The summed E-state index contributed by atoms with van der Waals surface area (Å²) in [6.45, 7) is 8.02. The highest BCUT2D eigenvalue weighted by molar-refractivity contribution is 5.76. The molecule has 2 rings (SSSR count). The van der Waals surface area contributed by atoms with Crippen molar-refractivity contribution in [2.75, 3.05) is 19.7 Å². The highest BCUT2D eigenvalue weighted by Crippen LogP contribution is 2.23. The molecule has 4 nitrogen and oxygen atoms in total. The number of ether oxygens (including phenoxy) is 1. The number of aryl methyl sites for hydroxylation is 2. The van der Waals surface area contributed by atoms with Gasteiger partial charge in [0, 0.05) is 19.1 Å². The summed E-state index contributed by atoms with van der Waals surface area (Å²) in [5.74, 6) is 1.05. The molecule has 0 spiro atoms. The zero-order valence-electron chi connectivity index (χ0n) is 14.0. The molecule has 1 atom stereocenters. The fourth-order valence-electron chi connectivity index (χ4n) is 3.12. The lowest BCUT2D eigenvalue weighted by atomic mass is 10.0. The zero-order chi connectivity index (χ0) is 16.1. The van der Waals surface area contributed by atoms with E-state index in [1.165, 1.54) is 17.5 Å². The molecule has 1 fully saturated rings. The molecule has 0 radical (unpaired) electrons. The van der Waals surface area contributed by atoms with E-state index in [1.54, 1.807) is 0 Å². The van der Waals surface area contributed by atoms with Crippen molar-refractivity contribution >= 4 is 5.91 Å². The van der Waals surface area contributed by atoms with Gasteiger partial charge in [0.05, 0.1) is 13.0 Å². The molecular formula is C18H28N2O2. The van der Waals surface area contributed by atoms with Crippen molar-refractivity contribution in [1.29, 1.82) is 0 Å². The van der Waals surface area contributed by atoms with Gasteiger partial charge in [-0.1, -0.05) is 6.07 Å². The average Bonchev–Trinajstić information content (AvgIpc) is 2.51. The highest BCUT2D eigenvalue weighted by atomic mass is 16.5. The number of carbonyl (C=O) groups is 1. The second-order valence-electron chi connectivity index (χ2n) is 6.28.